The van der Waals surface area contributed by atoms with Crippen LogP contribution >= 0.6 is 15.9 Å². The van der Waals surface area contributed by atoms with Crippen LogP contribution in [0.15, 0.2) is 16.7 Å². The Kier molecular flexibility index (Phi) is 0.501. The fourth-order valence-electron chi connectivity index (χ4n) is 0.362. The van der Waals surface area contributed by atoms with Crippen molar-refractivity contribution < 1.29 is 11.0 Å². The van der Waals surface area contributed by atoms with Crippen LogP contribution in [0, 0.1) is 13.7 Å². The molecule has 0 spiro atoms. The summed E-state index contributed by atoms with van der Waals surface area (Å²) in [7, 11) is 0. The Balaban J connectivity index is 3.67. The molecule has 0 aromatic carbocycles. The van der Waals surface area contributed by atoms with E-state index in [0.717, 1.165) is 0 Å². The van der Waals surface area contributed by atoms with E-state index in [9.17, 15) is 0 Å². The van der Waals surface area contributed by atoms with E-state index in [1.54, 1.807) is 0 Å². The van der Waals surface area contributed by atoms with Crippen LogP contribution in [-0.2, 0) is 0 Å². The molecule has 0 unspecified atom stereocenters. The van der Waals surface area contributed by atoms with Gasteiger partial charge >= 0.3 is 0 Å². The van der Waals surface area contributed by atoms with Crippen molar-refractivity contribution in [1.29, 1.82) is 0 Å². The monoisotopic (exact) mass is 193 g/mol. The summed E-state index contributed by atoms with van der Waals surface area (Å²) in [5.74, 6) is 0. The van der Waals surface area contributed by atoms with Gasteiger partial charge in [-0.25, -0.2) is 0 Å². The number of halogens is 1. The van der Waals surface area contributed by atoms with Crippen LogP contribution < -0.4 is 0 Å². The van der Waals surface area contributed by atoms with Crippen LogP contribution in [0.1, 0.15) is 22.2 Å². The fourth-order valence-corrected chi connectivity index (χ4v) is 0.550. The molecule has 0 bridgehead atoms. The Hall–Kier alpha value is -0.370. The van der Waals surface area contributed by atoms with Crippen molar-refractivity contribution in [2.75, 3.05) is 0 Å². The molecule has 1 rings (SSSR count). The topological polar surface area (TPSA) is 12.9 Å². The first-order valence-corrected chi connectivity index (χ1v) is 2.93. The molecule has 9 heavy (non-hydrogen) atoms. The maximum absolute atomic E-state index is 7.60. The second-order valence-electron chi connectivity index (χ2n) is 1.39. The largest absolute Gasteiger partial charge is 0.260 e. The summed E-state index contributed by atoms with van der Waals surface area (Å²) in [5, 5.41) is 0. The lowest BCUT2D eigenvalue weighted by atomic mass is 10.3. The van der Waals surface area contributed by atoms with Gasteiger partial charge in [-0.15, -0.1) is 0 Å². The number of rotatable bonds is 0. The molecule has 1 heterocycles. The van der Waals surface area contributed by atoms with E-state index in [1.165, 1.54) is 0 Å². The Morgan fingerprint density at radius 2 is 2.67 bits per heavy atom. The van der Waals surface area contributed by atoms with Crippen molar-refractivity contribution in [3.8, 4) is 0 Å². The lowest BCUT2D eigenvalue weighted by Gasteiger charge is -1.95. The van der Waals surface area contributed by atoms with E-state index in [-0.39, 0.29) is 4.47 Å². The minimum atomic E-state index is -2.71. The Morgan fingerprint density at radius 3 is 3.33 bits per heavy atom. The van der Waals surface area contributed by atoms with Gasteiger partial charge in [-0.05, 0) is 41.2 Å². The second kappa shape index (κ2) is 2.48. The summed E-state index contributed by atoms with van der Waals surface area (Å²) in [6.45, 7) is -5.39. The highest BCUT2D eigenvalue weighted by Gasteiger charge is 1.92. The molecular weight excluding hydrogens is 178 g/mol. The average Bonchev–Trinajstić information content (AvgIpc) is 2.07. The zero-order chi connectivity index (χ0) is 13.6. The molecule has 0 aliphatic heterocycles. The van der Waals surface area contributed by atoms with E-state index >= 15 is 0 Å². The van der Waals surface area contributed by atoms with Crippen LogP contribution in [0.3, 0.4) is 0 Å². The summed E-state index contributed by atoms with van der Waals surface area (Å²) in [4.78, 5) is 3.44. The Morgan fingerprint density at radius 1 is 1.78 bits per heavy atom. The maximum Gasteiger partial charge on any atom is 0.0852 e. The molecule has 1 aromatic heterocycles. The van der Waals surface area contributed by atoms with E-state index in [0.29, 0.717) is 0 Å². The molecule has 0 amide bonds. The van der Waals surface area contributed by atoms with Crippen molar-refractivity contribution in [2.45, 2.75) is 13.7 Å². The van der Waals surface area contributed by atoms with Gasteiger partial charge in [0, 0.05) is 24.6 Å². The smallest absolute Gasteiger partial charge is 0.0852 e. The number of aryl methyl sites for hydroxylation is 1. The summed E-state index contributed by atoms with van der Waals surface area (Å²) in [6, 6.07) is -0.673. The average molecular weight is 194 g/mol. The summed E-state index contributed by atoms with van der Waals surface area (Å²) >= 11 is 2.85. The second-order valence-corrected chi connectivity index (χ2v) is 2.18. The predicted molar refractivity (Wildman–Crippen MR) is 41.4 cm³/mol. The van der Waals surface area contributed by atoms with E-state index in [4.69, 9.17) is 11.0 Å². The molecule has 1 nitrogen and oxygen atoms in total. The lowest BCUT2D eigenvalue weighted by molar-refractivity contribution is 1.16. The van der Waals surface area contributed by atoms with Crippen molar-refractivity contribution in [1.82, 2.24) is 4.98 Å². The van der Waals surface area contributed by atoms with Crippen LogP contribution in [-0.4, -0.2) is 4.98 Å². The van der Waals surface area contributed by atoms with Gasteiger partial charge in [0.25, 0.3) is 0 Å². The highest BCUT2D eigenvalue weighted by molar-refractivity contribution is 9.10. The third kappa shape index (κ3) is 1.52. The van der Waals surface area contributed by atoms with Gasteiger partial charge in [0.1, 0.15) is 0 Å². The molecule has 0 saturated carbocycles. The summed E-state index contributed by atoms with van der Waals surface area (Å²) in [6.07, 6.45) is -0.502. The molecule has 0 aliphatic carbocycles. The minimum absolute atomic E-state index is 0.171. The zero-order valence-corrected chi connectivity index (χ0v) is 5.91. The first-order chi connectivity index (χ1) is 7.46. The fraction of sp³-hybridized carbons (Fsp3) is 0.286. The van der Waals surface area contributed by atoms with Gasteiger partial charge in [0.05, 0.1) is 2.74 Å². The quantitative estimate of drug-likeness (QED) is 0.618. The molecule has 0 N–H and O–H groups in total. The number of nitrogens with zero attached hydrogens (tertiary/aromatic N) is 1. The third-order valence-corrected chi connectivity index (χ3v) is 1.30. The molecule has 0 fully saturated rings. The number of aromatic nitrogens is 1. The Bertz CT molecular complexity index is 449. The van der Waals surface area contributed by atoms with Crippen molar-refractivity contribution in [2.24, 2.45) is 0 Å². The minimum Gasteiger partial charge on any atom is -0.260 e. The van der Waals surface area contributed by atoms with Crippen LogP contribution in [0.25, 0.3) is 0 Å². The molecule has 48 valence electrons. The SMILES string of the molecule is [2H]c1nc(C([2H])([2H])[2H])c([2H])c(C([2H])([2H])[2H])c1Br. The first-order valence-electron chi connectivity index (χ1n) is 6.14. The molecule has 0 atom stereocenters. The predicted octanol–water partition coefficient (Wildman–Crippen LogP) is 2.46. The standard InChI is InChI=1S/C7H8BrN/c1-5-3-6(2)9-4-7(5)8/h3-4H,1-2H3/i1D3,2D3,3D,4D. The van der Waals surface area contributed by atoms with Gasteiger partial charge in [-0.1, -0.05) is 0 Å². The van der Waals surface area contributed by atoms with Crippen molar-refractivity contribution in [3.05, 3.63) is 27.9 Å². The molecule has 2 heteroatoms. The van der Waals surface area contributed by atoms with Crippen LogP contribution in [0.4, 0.5) is 0 Å². The third-order valence-electron chi connectivity index (χ3n) is 0.729. The van der Waals surface area contributed by atoms with Crippen LogP contribution in [0.5, 0.6) is 0 Å². The highest BCUT2D eigenvalue weighted by atomic mass is 79.9. The van der Waals surface area contributed by atoms with Gasteiger partial charge in [0.2, 0.25) is 0 Å². The lowest BCUT2D eigenvalue weighted by Crippen LogP contribution is -1.82. The zero-order valence-electron chi connectivity index (χ0n) is 12.3. The van der Waals surface area contributed by atoms with Crippen molar-refractivity contribution in [3.63, 3.8) is 0 Å². The normalized spacial score (nSPS) is 25.4. The maximum atomic E-state index is 7.60. The summed E-state index contributed by atoms with van der Waals surface area (Å²) in [5.41, 5.74) is -1.17. The number of pyridine rings is 1. The van der Waals surface area contributed by atoms with E-state index in [1.807, 2.05) is 0 Å². The summed E-state index contributed by atoms with van der Waals surface area (Å²) < 4.78 is 58.0. The van der Waals surface area contributed by atoms with E-state index in [2.05, 4.69) is 20.9 Å². The van der Waals surface area contributed by atoms with Gasteiger partial charge in [-0.3, -0.25) is 4.98 Å². The highest BCUT2D eigenvalue weighted by Crippen LogP contribution is 2.13. The molecule has 0 radical (unpaired) electrons. The van der Waals surface area contributed by atoms with E-state index < -0.39 is 37.2 Å². The van der Waals surface area contributed by atoms with Crippen LogP contribution in [0.2, 0.25) is 0 Å². The first kappa shape index (κ1) is 1.82. The van der Waals surface area contributed by atoms with Gasteiger partial charge in [0.15, 0.2) is 0 Å². The Labute approximate surface area is 74.5 Å². The molecule has 1 aromatic rings. The number of hydrogen-bond donors (Lipinski definition) is 0. The molecule has 0 saturated heterocycles. The number of hydrogen-bond acceptors (Lipinski definition) is 1. The van der Waals surface area contributed by atoms with Gasteiger partial charge in [-0.2, -0.15) is 0 Å². The molecule has 0 aliphatic rings. The van der Waals surface area contributed by atoms with Crippen molar-refractivity contribution >= 4 is 15.9 Å². The molecular formula is C7H8BrN. The van der Waals surface area contributed by atoms with Gasteiger partial charge < -0.3 is 0 Å².